The third-order valence-corrected chi connectivity index (χ3v) is 3.89. The van der Waals surface area contributed by atoms with Gasteiger partial charge in [0.25, 0.3) is 0 Å². The van der Waals surface area contributed by atoms with Crippen LogP contribution in [0.5, 0.6) is 0 Å². The van der Waals surface area contributed by atoms with E-state index < -0.39 is 0 Å². The smallest absolute Gasteiger partial charge is 0.227 e. The number of nitrogens with two attached hydrogens (primary N) is 1. The standard InChI is InChI=1S/C14H19ClN2O/c15-13-7-2-1-5-11(13)9-14(18)17-8-4-3-6-12(17)10-16/h1-2,5,7,12H,3-4,6,8-10,16H2. The van der Waals surface area contributed by atoms with Gasteiger partial charge in [-0.15, -0.1) is 0 Å². The van der Waals surface area contributed by atoms with E-state index in [0.29, 0.717) is 18.0 Å². The highest BCUT2D eigenvalue weighted by molar-refractivity contribution is 6.31. The van der Waals surface area contributed by atoms with Crippen LogP contribution in [0.25, 0.3) is 0 Å². The second-order valence-corrected chi connectivity index (χ2v) is 5.15. The maximum Gasteiger partial charge on any atom is 0.227 e. The second kappa shape index (κ2) is 6.21. The molecule has 0 aromatic heterocycles. The molecule has 1 aromatic rings. The second-order valence-electron chi connectivity index (χ2n) is 4.74. The molecule has 2 N–H and O–H groups in total. The van der Waals surface area contributed by atoms with Crippen LogP contribution in [0.15, 0.2) is 24.3 Å². The Hall–Kier alpha value is -1.06. The lowest BCUT2D eigenvalue weighted by Gasteiger charge is -2.35. The SMILES string of the molecule is NCC1CCCCN1C(=O)Cc1ccccc1Cl. The van der Waals surface area contributed by atoms with Gasteiger partial charge in [-0.3, -0.25) is 4.79 Å². The summed E-state index contributed by atoms with van der Waals surface area (Å²) in [4.78, 5) is 14.2. The summed E-state index contributed by atoms with van der Waals surface area (Å²) in [6, 6.07) is 7.71. The average Bonchev–Trinajstić information content (AvgIpc) is 2.41. The fourth-order valence-corrected chi connectivity index (χ4v) is 2.68. The number of carbonyl (C=O) groups excluding carboxylic acids is 1. The molecule has 2 rings (SSSR count). The van der Waals surface area contributed by atoms with Gasteiger partial charge in [0.05, 0.1) is 6.42 Å². The summed E-state index contributed by atoms with van der Waals surface area (Å²) < 4.78 is 0. The number of amides is 1. The van der Waals surface area contributed by atoms with Crippen LogP contribution >= 0.6 is 11.6 Å². The topological polar surface area (TPSA) is 46.3 Å². The van der Waals surface area contributed by atoms with Crippen molar-refractivity contribution in [3.63, 3.8) is 0 Å². The van der Waals surface area contributed by atoms with Gasteiger partial charge in [-0.05, 0) is 30.9 Å². The van der Waals surface area contributed by atoms with Crippen molar-refractivity contribution in [1.82, 2.24) is 4.90 Å². The summed E-state index contributed by atoms with van der Waals surface area (Å²) in [5, 5.41) is 0.659. The molecule has 1 aromatic carbocycles. The van der Waals surface area contributed by atoms with Crippen LogP contribution < -0.4 is 5.73 Å². The Labute approximate surface area is 113 Å². The number of carbonyl (C=O) groups is 1. The van der Waals surface area contributed by atoms with Crippen LogP contribution in [0.1, 0.15) is 24.8 Å². The Morgan fingerprint density at radius 3 is 2.89 bits per heavy atom. The van der Waals surface area contributed by atoms with E-state index in [2.05, 4.69) is 0 Å². The minimum Gasteiger partial charge on any atom is -0.338 e. The molecule has 0 bridgehead atoms. The number of halogens is 1. The van der Waals surface area contributed by atoms with Crippen molar-refractivity contribution in [1.29, 1.82) is 0 Å². The molecule has 0 spiro atoms. The monoisotopic (exact) mass is 266 g/mol. The molecule has 1 atom stereocenters. The molecule has 0 saturated carbocycles. The molecule has 98 valence electrons. The van der Waals surface area contributed by atoms with E-state index >= 15 is 0 Å². The lowest BCUT2D eigenvalue weighted by molar-refractivity contribution is -0.133. The Bertz CT molecular complexity index is 422. The number of likely N-dealkylation sites (tertiary alicyclic amines) is 1. The van der Waals surface area contributed by atoms with Gasteiger partial charge in [0.2, 0.25) is 5.91 Å². The molecule has 1 aliphatic rings. The highest BCUT2D eigenvalue weighted by atomic mass is 35.5. The van der Waals surface area contributed by atoms with Crippen molar-refractivity contribution in [3.8, 4) is 0 Å². The highest BCUT2D eigenvalue weighted by Gasteiger charge is 2.25. The molecule has 1 aliphatic heterocycles. The van der Waals surface area contributed by atoms with Crippen molar-refractivity contribution >= 4 is 17.5 Å². The van der Waals surface area contributed by atoms with Gasteiger partial charge in [0.15, 0.2) is 0 Å². The summed E-state index contributed by atoms with van der Waals surface area (Å²) >= 11 is 6.08. The van der Waals surface area contributed by atoms with Crippen LogP contribution in [0.3, 0.4) is 0 Å². The zero-order valence-electron chi connectivity index (χ0n) is 10.4. The molecule has 1 amide bonds. The van der Waals surface area contributed by atoms with Crippen molar-refractivity contribution in [2.24, 2.45) is 5.73 Å². The van der Waals surface area contributed by atoms with Crippen molar-refractivity contribution in [2.75, 3.05) is 13.1 Å². The number of rotatable bonds is 3. The van der Waals surface area contributed by atoms with E-state index in [9.17, 15) is 4.79 Å². The third-order valence-electron chi connectivity index (χ3n) is 3.52. The van der Waals surface area contributed by atoms with Crippen molar-refractivity contribution in [2.45, 2.75) is 31.7 Å². The number of nitrogens with zero attached hydrogens (tertiary/aromatic N) is 1. The number of piperidine rings is 1. The summed E-state index contributed by atoms with van der Waals surface area (Å²) in [6.45, 7) is 1.37. The lowest BCUT2D eigenvalue weighted by Crippen LogP contribution is -2.48. The van der Waals surface area contributed by atoms with Crippen molar-refractivity contribution in [3.05, 3.63) is 34.9 Å². The Balaban J connectivity index is 2.05. The molecule has 3 nitrogen and oxygen atoms in total. The first-order valence-electron chi connectivity index (χ1n) is 6.45. The molecule has 1 saturated heterocycles. The number of hydrogen-bond donors (Lipinski definition) is 1. The fourth-order valence-electron chi connectivity index (χ4n) is 2.48. The summed E-state index contributed by atoms with van der Waals surface area (Å²) in [6.07, 6.45) is 3.63. The van der Waals surface area contributed by atoms with E-state index in [0.717, 1.165) is 31.4 Å². The first kappa shape index (κ1) is 13.4. The molecule has 0 aliphatic carbocycles. The average molecular weight is 267 g/mol. The van der Waals surface area contributed by atoms with Gasteiger partial charge in [-0.1, -0.05) is 29.8 Å². The fraction of sp³-hybridized carbons (Fsp3) is 0.500. The van der Waals surface area contributed by atoms with Crippen LogP contribution in [0.4, 0.5) is 0 Å². The Kier molecular flexibility index (Phi) is 4.61. The number of benzene rings is 1. The van der Waals surface area contributed by atoms with E-state index in [4.69, 9.17) is 17.3 Å². The predicted molar refractivity (Wildman–Crippen MR) is 73.6 cm³/mol. The summed E-state index contributed by atoms with van der Waals surface area (Å²) in [7, 11) is 0. The van der Waals surface area contributed by atoms with E-state index in [-0.39, 0.29) is 11.9 Å². The minimum atomic E-state index is 0.137. The largest absolute Gasteiger partial charge is 0.338 e. The van der Waals surface area contributed by atoms with Gasteiger partial charge in [0, 0.05) is 24.2 Å². The molecule has 1 heterocycles. The van der Waals surface area contributed by atoms with Gasteiger partial charge >= 0.3 is 0 Å². The van der Waals surface area contributed by atoms with Gasteiger partial charge < -0.3 is 10.6 Å². The Morgan fingerprint density at radius 1 is 1.39 bits per heavy atom. The summed E-state index contributed by atoms with van der Waals surface area (Å²) in [5.41, 5.74) is 6.63. The predicted octanol–water partition coefficient (Wildman–Crippen LogP) is 2.22. The van der Waals surface area contributed by atoms with E-state index in [1.54, 1.807) is 0 Å². The van der Waals surface area contributed by atoms with Crippen LogP contribution in [-0.4, -0.2) is 29.9 Å². The maximum absolute atomic E-state index is 12.3. The van der Waals surface area contributed by atoms with Gasteiger partial charge in [0.1, 0.15) is 0 Å². The first-order valence-corrected chi connectivity index (χ1v) is 6.83. The number of hydrogen-bond acceptors (Lipinski definition) is 2. The first-order chi connectivity index (χ1) is 8.72. The van der Waals surface area contributed by atoms with Crippen LogP contribution in [0.2, 0.25) is 5.02 Å². The molecular formula is C14H19ClN2O. The van der Waals surface area contributed by atoms with Gasteiger partial charge in [-0.2, -0.15) is 0 Å². The molecule has 0 radical (unpaired) electrons. The lowest BCUT2D eigenvalue weighted by atomic mass is 10.0. The third kappa shape index (κ3) is 3.03. The molecular weight excluding hydrogens is 248 g/mol. The molecule has 18 heavy (non-hydrogen) atoms. The zero-order valence-corrected chi connectivity index (χ0v) is 11.2. The van der Waals surface area contributed by atoms with Crippen molar-refractivity contribution < 1.29 is 4.79 Å². The zero-order chi connectivity index (χ0) is 13.0. The van der Waals surface area contributed by atoms with Crippen LogP contribution in [-0.2, 0) is 11.2 Å². The summed E-state index contributed by atoms with van der Waals surface area (Å²) in [5.74, 6) is 0.137. The highest BCUT2D eigenvalue weighted by Crippen LogP contribution is 2.20. The quantitative estimate of drug-likeness (QED) is 0.912. The van der Waals surface area contributed by atoms with Gasteiger partial charge in [-0.25, -0.2) is 0 Å². The normalized spacial score (nSPS) is 19.9. The minimum absolute atomic E-state index is 0.137. The molecule has 1 fully saturated rings. The Morgan fingerprint density at radius 2 is 2.17 bits per heavy atom. The van der Waals surface area contributed by atoms with Crippen LogP contribution in [0, 0.1) is 0 Å². The molecule has 4 heteroatoms. The molecule has 1 unspecified atom stereocenters. The van der Waals surface area contributed by atoms with E-state index in [1.807, 2.05) is 29.2 Å². The van der Waals surface area contributed by atoms with E-state index in [1.165, 1.54) is 0 Å². The maximum atomic E-state index is 12.3.